The summed E-state index contributed by atoms with van der Waals surface area (Å²) in [6.45, 7) is 0. The van der Waals surface area contributed by atoms with Gasteiger partial charge in [-0.2, -0.15) is 4.98 Å². The predicted molar refractivity (Wildman–Crippen MR) is 124 cm³/mol. The number of hydrogen-bond acceptors (Lipinski definition) is 7. The monoisotopic (exact) mass is 483 g/mol. The normalized spacial score (nSPS) is 19.5. The second-order valence-electron chi connectivity index (χ2n) is 7.46. The van der Waals surface area contributed by atoms with Crippen molar-refractivity contribution in [1.29, 1.82) is 0 Å². The van der Waals surface area contributed by atoms with Crippen molar-refractivity contribution in [3.05, 3.63) is 94.0 Å². The molecule has 0 saturated carbocycles. The van der Waals surface area contributed by atoms with Crippen LogP contribution in [-0.2, 0) is 14.2 Å². The minimum atomic E-state index is -0.720. The molecule has 0 aliphatic carbocycles. The first kappa shape index (κ1) is 23.6. The Bertz CT molecular complexity index is 1230. The van der Waals surface area contributed by atoms with Gasteiger partial charge in [0.15, 0.2) is 0 Å². The summed E-state index contributed by atoms with van der Waals surface area (Å²) in [5, 5.41) is 2.61. The summed E-state index contributed by atoms with van der Waals surface area (Å²) in [7, 11) is 1.30. The maximum Gasteiger partial charge on any atom is 0.351 e. The number of alkyl halides is 1. The Morgan fingerprint density at radius 3 is 2.59 bits per heavy atom. The second-order valence-corrected chi connectivity index (χ2v) is 7.68. The van der Waals surface area contributed by atoms with Gasteiger partial charge in [-0.1, -0.05) is 48.0 Å². The molecular formula is C24H22ClN3O6. The minimum Gasteiger partial charge on any atom is -0.465 e. The number of esters is 1. The maximum atomic E-state index is 12.8. The number of carbonyl (C=O) groups excluding carboxylic acids is 2. The van der Waals surface area contributed by atoms with E-state index in [1.54, 1.807) is 54.6 Å². The number of nitrogens with zero attached hydrogens (tertiary/aromatic N) is 2. The van der Waals surface area contributed by atoms with E-state index in [2.05, 4.69) is 10.3 Å². The molecule has 34 heavy (non-hydrogen) atoms. The number of amides is 1. The Balaban J connectivity index is 1.56. The van der Waals surface area contributed by atoms with Crippen LogP contribution in [0.25, 0.3) is 0 Å². The fourth-order valence-electron chi connectivity index (χ4n) is 3.84. The molecule has 0 bridgehead atoms. The molecule has 1 aliphatic heterocycles. The lowest BCUT2D eigenvalue weighted by molar-refractivity contribution is -0.0339. The van der Waals surface area contributed by atoms with Gasteiger partial charge in [0.05, 0.1) is 18.8 Å². The van der Waals surface area contributed by atoms with E-state index in [1.165, 1.54) is 23.9 Å². The van der Waals surface area contributed by atoms with Crippen LogP contribution in [0.4, 0.5) is 5.82 Å². The average molecular weight is 484 g/mol. The number of nitrogens with one attached hydrogen (secondary N) is 1. The highest BCUT2D eigenvalue weighted by atomic mass is 35.5. The Hall–Kier alpha value is -3.53. The average Bonchev–Trinajstić information content (AvgIpc) is 3.27. The topological polar surface area (TPSA) is 109 Å². The van der Waals surface area contributed by atoms with Gasteiger partial charge in [-0.05, 0) is 29.8 Å². The van der Waals surface area contributed by atoms with E-state index < -0.39 is 30.1 Å². The van der Waals surface area contributed by atoms with Crippen molar-refractivity contribution in [3.63, 3.8) is 0 Å². The van der Waals surface area contributed by atoms with Crippen molar-refractivity contribution in [2.75, 3.05) is 18.5 Å². The number of halogens is 1. The first-order valence-electron chi connectivity index (χ1n) is 10.5. The molecule has 0 radical (unpaired) electrons. The fraction of sp³-hybridized carbons (Fsp3) is 0.250. The van der Waals surface area contributed by atoms with Gasteiger partial charge in [0, 0.05) is 18.2 Å². The van der Waals surface area contributed by atoms with Gasteiger partial charge in [-0.3, -0.25) is 9.36 Å². The van der Waals surface area contributed by atoms with Crippen LogP contribution in [0.3, 0.4) is 0 Å². The highest BCUT2D eigenvalue weighted by molar-refractivity contribution is 6.17. The van der Waals surface area contributed by atoms with Gasteiger partial charge >= 0.3 is 11.7 Å². The van der Waals surface area contributed by atoms with Crippen LogP contribution in [0.2, 0.25) is 0 Å². The van der Waals surface area contributed by atoms with E-state index in [0.29, 0.717) is 23.1 Å². The summed E-state index contributed by atoms with van der Waals surface area (Å²) < 4.78 is 18.0. The lowest BCUT2D eigenvalue weighted by Gasteiger charge is -2.20. The van der Waals surface area contributed by atoms with Gasteiger partial charge < -0.3 is 19.5 Å². The Kier molecular flexibility index (Phi) is 7.36. The maximum absolute atomic E-state index is 12.8. The van der Waals surface area contributed by atoms with Gasteiger partial charge in [0.2, 0.25) is 0 Å². The lowest BCUT2D eigenvalue weighted by atomic mass is 9.98. The molecule has 176 valence electrons. The van der Waals surface area contributed by atoms with Crippen LogP contribution < -0.4 is 11.0 Å². The van der Waals surface area contributed by atoms with Gasteiger partial charge in [0.25, 0.3) is 5.91 Å². The molecule has 3 aromatic rings. The summed E-state index contributed by atoms with van der Waals surface area (Å²) in [4.78, 5) is 41.3. The molecule has 1 amide bonds. The first-order chi connectivity index (χ1) is 16.5. The Labute approximate surface area is 200 Å². The van der Waals surface area contributed by atoms with Gasteiger partial charge in [0.1, 0.15) is 24.2 Å². The van der Waals surface area contributed by atoms with Crippen molar-refractivity contribution in [2.24, 2.45) is 0 Å². The van der Waals surface area contributed by atoms with E-state index in [-0.39, 0.29) is 17.8 Å². The largest absolute Gasteiger partial charge is 0.465 e. The molecular weight excluding hydrogens is 462 g/mol. The molecule has 2 heterocycles. The molecule has 0 unspecified atom stereocenters. The van der Waals surface area contributed by atoms with Crippen LogP contribution in [0.1, 0.15) is 45.0 Å². The first-order valence-corrected chi connectivity index (χ1v) is 11.0. The summed E-state index contributed by atoms with van der Waals surface area (Å²) in [6, 6.07) is 16.9. The minimum absolute atomic E-state index is 0.0881. The van der Waals surface area contributed by atoms with E-state index in [4.69, 9.17) is 25.8 Å². The molecule has 2 aromatic carbocycles. The molecule has 1 fully saturated rings. The van der Waals surface area contributed by atoms with Crippen molar-refractivity contribution >= 4 is 29.3 Å². The van der Waals surface area contributed by atoms with E-state index >= 15 is 0 Å². The highest BCUT2D eigenvalue weighted by Crippen LogP contribution is 2.41. The van der Waals surface area contributed by atoms with Crippen molar-refractivity contribution in [2.45, 2.75) is 24.9 Å². The third kappa shape index (κ3) is 5.01. The summed E-state index contributed by atoms with van der Waals surface area (Å²) >= 11 is 5.82. The molecule has 9 nitrogen and oxygen atoms in total. The van der Waals surface area contributed by atoms with Gasteiger partial charge in [-0.15, -0.1) is 0 Å². The van der Waals surface area contributed by atoms with Crippen molar-refractivity contribution < 1.29 is 23.8 Å². The molecule has 4 rings (SSSR count). The zero-order chi connectivity index (χ0) is 24.1. The van der Waals surface area contributed by atoms with Crippen LogP contribution in [0.5, 0.6) is 0 Å². The zero-order valence-corrected chi connectivity index (χ0v) is 19.0. The summed E-state index contributed by atoms with van der Waals surface area (Å²) in [5.74, 6) is -0.767. The number of aromatic nitrogens is 2. The molecule has 1 N–H and O–H groups in total. The predicted octanol–water partition coefficient (Wildman–Crippen LogP) is 3.52. The number of carbonyl (C=O) groups is 2. The third-order valence-electron chi connectivity index (χ3n) is 5.44. The van der Waals surface area contributed by atoms with Crippen LogP contribution >= 0.6 is 11.6 Å². The number of rotatable bonds is 7. The van der Waals surface area contributed by atoms with Crippen LogP contribution in [0, 0.1) is 0 Å². The highest BCUT2D eigenvalue weighted by Gasteiger charge is 2.40. The fourth-order valence-corrected chi connectivity index (χ4v) is 4.01. The Morgan fingerprint density at radius 1 is 1.15 bits per heavy atom. The third-order valence-corrected chi connectivity index (χ3v) is 5.57. The van der Waals surface area contributed by atoms with Crippen molar-refractivity contribution in [1.82, 2.24) is 9.55 Å². The second kappa shape index (κ2) is 10.6. The number of hydrogen-bond donors (Lipinski definition) is 1. The quantitative estimate of drug-likeness (QED) is 0.404. The van der Waals surface area contributed by atoms with Crippen LogP contribution in [-0.4, -0.2) is 40.7 Å². The molecule has 1 aliphatic rings. The molecule has 1 saturated heterocycles. The standard InChI is InChI=1S/C24H22ClN3O6/c1-32-23(30)17-10-6-5-9-16(17)21-18(33-14-25)13-20(34-21)28-12-11-19(27-24(28)31)26-22(29)15-7-3-2-4-8-15/h2-12,18,20-21H,13-14H2,1H3,(H,26,27,29,31)/t18-,20+,21+/m0/s1. The van der Waals surface area contributed by atoms with E-state index in [0.717, 1.165) is 0 Å². The van der Waals surface area contributed by atoms with Crippen LogP contribution in [0.15, 0.2) is 71.7 Å². The number of benzene rings is 2. The number of methoxy groups -OCH3 is 1. The molecule has 1 aromatic heterocycles. The van der Waals surface area contributed by atoms with E-state index in [9.17, 15) is 14.4 Å². The Morgan fingerprint density at radius 2 is 1.88 bits per heavy atom. The summed E-state index contributed by atoms with van der Waals surface area (Å²) in [5.41, 5.74) is 0.742. The summed E-state index contributed by atoms with van der Waals surface area (Å²) in [6.07, 6.45) is -0.110. The number of ether oxygens (including phenoxy) is 3. The van der Waals surface area contributed by atoms with Crippen molar-refractivity contribution in [3.8, 4) is 0 Å². The molecule has 3 atom stereocenters. The number of anilines is 1. The lowest BCUT2D eigenvalue weighted by Crippen LogP contribution is -2.28. The molecule has 10 heteroatoms. The van der Waals surface area contributed by atoms with E-state index in [1.807, 2.05) is 0 Å². The van der Waals surface area contributed by atoms with Gasteiger partial charge in [-0.25, -0.2) is 9.59 Å². The zero-order valence-electron chi connectivity index (χ0n) is 18.2. The smallest absolute Gasteiger partial charge is 0.351 e. The SMILES string of the molecule is COC(=O)c1ccccc1[C@H]1O[C@@H](n2ccc(NC(=O)c3ccccc3)nc2=O)C[C@@H]1OCCl. The molecule has 0 spiro atoms.